The van der Waals surface area contributed by atoms with Gasteiger partial charge in [0.1, 0.15) is 16.4 Å². The molecule has 5 aromatic rings. The third kappa shape index (κ3) is 4.15. The monoisotopic (exact) mass is 427 g/mol. The van der Waals surface area contributed by atoms with Gasteiger partial charge in [0.25, 0.3) is 5.91 Å². The first-order chi connectivity index (χ1) is 15.3. The van der Waals surface area contributed by atoms with Crippen molar-refractivity contribution in [2.75, 3.05) is 5.32 Å². The van der Waals surface area contributed by atoms with Gasteiger partial charge in [0.2, 0.25) is 5.13 Å². The zero-order valence-electron chi connectivity index (χ0n) is 16.3. The first-order valence-corrected chi connectivity index (χ1v) is 10.4. The maximum Gasteiger partial charge on any atom is 0.276 e. The van der Waals surface area contributed by atoms with Crippen LogP contribution in [-0.4, -0.2) is 25.9 Å². The van der Waals surface area contributed by atoms with Gasteiger partial charge in [-0.2, -0.15) is 5.10 Å². The fourth-order valence-corrected chi connectivity index (χ4v) is 3.93. The van der Waals surface area contributed by atoms with Crippen molar-refractivity contribution in [1.29, 1.82) is 0 Å². The van der Waals surface area contributed by atoms with Crippen molar-refractivity contribution in [2.24, 2.45) is 0 Å². The lowest BCUT2D eigenvalue weighted by Crippen LogP contribution is -2.16. The van der Waals surface area contributed by atoms with Crippen LogP contribution in [0.15, 0.2) is 89.5 Å². The summed E-state index contributed by atoms with van der Waals surface area (Å²) >= 11 is 1.35. The minimum Gasteiger partial charge on any atom is -0.463 e. The third-order valence-electron chi connectivity index (χ3n) is 4.60. The van der Waals surface area contributed by atoms with Gasteiger partial charge in [-0.1, -0.05) is 59.9 Å². The highest BCUT2D eigenvalue weighted by Gasteiger charge is 2.20. The van der Waals surface area contributed by atoms with Crippen LogP contribution in [0.3, 0.4) is 0 Å². The van der Waals surface area contributed by atoms with E-state index < -0.39 is 0 Å². The van der Waals surface area contributed by atoms with Crippen molar-refractivity contribution >= 4 is 22.4 Å². The molecule has 1 amide bonds. The number of hydrogen-bond donors (Lipinski definition) is 1. The van der Waals surface area contributed by atoms with Gasteiger partial charge in [-0.05, 0) is 29.8 Å². The maximum absolute atomic E-state index is 13.1. The molecule has 3 heterocycles. The normalized spacial score (nSPS) is 10.8. The van der Waals surface area contributed by atoms with Crippen LogP contribution in [0.25, 0.3) is 17.1 Å². The van der Waals surface area contributed by atoms with Gasteiger partial charge >= 0.3 is 0 Å². The standard InChI is InChI=1S/C23H17N5O2S/c29-22(24-23-26-25-21(31-23)14-16-8-3-1-4-9-16)19-15-18(20-12-7-13-30-20)27-28(19)17-10-5-2-6-11-17/h1-13,15H,14H2,(H,24,26,29). The molecule has 0 saturated carbocycles. The molecule has 7 nitrogen and oxygen atoms in total. The summed E-state index contributed by atoms with van der Waals surface area (Å²) in [4.78, 5) is 13.1. The van der Waals surface area contributed by atoms with Crippen molar-refractivity contribution in [3.8, 4) is 17.1 Å². The Morgan fingerprint density at radius 3 is 2.48 bits per heavy atom. The molecule has 31 heavy (non-hydrogen) atoms. The zero-order chi connectivity index (χ0) is 21.0. The van der Waals surface area contributed by atoms with E-state index in [1.165, 1.54) is 11.3 Å². The summed E-state index contributed by atoms with van der Waals surface area (Å²) in [5.74, 6) is 0.265. The van der Waals surface area contributed by atoms with E-state index in [1.807, 2.05) is 60.7 Å². The van der Waals surface area contributed by atoms with Crippen LogP contribution in [0.4, 0.5) is 5.13 Å². The predicted octanol–water partition coefficient (Wildman–Crippen LogP) is 4.83. The number of rotatable bonds is 6. The molecule has 0 aliphatic rings. The molecule has 8 heteroatoms. The molecular formula is C23H17N5O2S. The lowest BCUT2D eigenvalue weighted by atomic mass is 10.2. The number of carbonyl (C=O) groups is 1. The molecule has 2 aromatic carbocycles. The molecule has 0 unspecified atom stereocenters. The molecule has 0 aliphatic carbocycles. The third-order valence-corrected chi connectivity index (χ3v) is 5.44. The summed E-state index contributed by atoms with van der Waals surface area (Å²) in [6, 6.07) is 24.8. The number of para-hydroxylation sites is 1. The highest BCUT2D eigenvalue weighted by molar-refractivity contribution is 7.15. The van der Waals surface area contributed by atoms with Crippen LogP contribution in [0, 0.1) is 0 Å². The molecule has 0 aliphatic heterocycles. The molecule has 3 aromatic heterocycles. The summed E-state index contributed by atoms with van der Waals surface area (Å²) in [5.41, 5.74) is 2.85. The van der Waals surface area contributed by atoms with Crippen molar-refractivity contribution in [3.05, 3.63) is 101 Å². The second-order valence-corrected chi connectivity index (χ2v) is 7.82. The summed E-state index contributed by atoms with van der Waals surface area (Å²) in [6.45, 7) is 0. The first-order valence-electron chi connectivity index (χ1n) is 9.63. The van der Waals surface area contributed by atoms with E-state index in [4.69, 9.17) is 4.42 Å². The molecule has 0 spiro atoms. The van der Waals surface area contributed by atoms with E-state index in [1.54, 1.807) is 29.1 Å². The van der Waals surface area contributed by atoms with E-state index in [0.717, 1.165) is 16.3 Å². The van der Waals surface area contributed by atoms with Crippen molar-refractivity contribution in [3.63, 3.8) is 0 Å². The zero-order valence-corrected chi connectivity index (χ0v) is 17.1. The number of hydrogen-bond acceptors (Lipinski definition) is 6. The molecule has 152 valence electrons. The Balaban J connectivity index is 1.41. The van der Waals surface area contributed by atoms with Crippen molar-refractivity contribution < 1.29 is 9.21 Å². The van der Waals surface area contributed by atoms with Gasteiger partial charge in [-0.15, -0.1) is 10.2 Å². The van der Waals surface area contributed by atoms with Crippen LogP contribution in [0.2, 0.25) is 0 Å². The molecule has 0 fully saturated rings. The van der Waals surface area contributed by atoms with Crippen LogP contribution in [0.1, 0.15) is 21.1 Å². The maximum atomic E-state index is 13.1. The Hall–Kier alpha value is -4.04. The fourth-order valence-electron chi connectivity index (χ4n) is 3.16. The Morgan fingerprint density at radius 2 is 1.74 bits per heavy atom. The quantitative estimate of drug-likeness (QED) is 0.420. The molecule has 1 N–H and O–H groups in total. The van der Waals surface area contributed by atoms with Crippen LogP contribution >= 0.6 is 11.3 Å². The molecule has 0 bridgehead atoms. The minimum atomic E-state index is -0.323. The Labute approximate surface area is 182 Å². The topological polar surface area (TPSA) is 85.8 Å². The van der Waals surface area contributed by atoms with Crippen molar-refractivity contribution in [2.45, 2.75) is 6.42 Å². The van der Waals surface area contributed by atoms with Crippen molar-refractivity contribution in [1.82, 2.24) is 20.0 Å². The molecule has 0 atom stereocenters. The number of furan rings is 1. The fraction of sp³-hybridized carbons (Fsp3) is 0.0435. The van der Waals surface area contributed by atoms with Gasteiger partial charge in [0.05, 0.1) is 12.0 Å². The van der Waals surface area contributed by atoms with Gasteiger partial charge in [-0.3, -0.25) is 10.1 Å². The molecule has 0 saturated heterocycles. The average molecular weight is 427 g/mol. The summed E-state index contributed by atoms with van der Waals surface area (Å²) < 4.78 is 7.05. The lowest BCUT2D eigenvalue weighted by molar-refractivity contribution is 0.101. The van der Waals surface area contributed by atoms with Gasteiger partial charge in [-0.25, -0.2) is 4.68 Å². The average Bonchev–Trinajstić information content (AvgIpc) is 3.56. The number of nitrogens with one attached hydrogen (secondary N) is 1. The van der Waals surface area contributed by atoms with Gasteiger partial charge in [0.15, 0.2) is 5.76 Å². The molecule has 0 radical (unpaired) electrons. The molecule has 5 rings (SSSR count). The number of aromatic nitrogens is 4. The Bertz CT molecular complexity index is 1290. The van der Waals surface area contributed by atoms with Crippen LogP contribution in [-0.2, 0) is 6.42 Å². The largest absolute Gasteiger partial charge is 0.463 e. The predicted molar refractivity (Wildman–Crippen MR) is 118 cm³/mol. The van der Waals surface area contributed by atoms with E-state index >= 15 is 0 Å². The van der Waals surface area contributed by atoms with E-state index in [9.17, 15) is 4.79 Å². The highest BCUT2D eigenvalue weighted by atomic mass is 32.1. The van der Waals surface area contributed by atoms with Gasteiger partial charge < -0.3 is 4.42 Å². The van der Waals surface area contributed by atoms with E-state index in [0.29, 0.717) is 28.7 Å². The number of nitrogens with zero attached hydrogens (tertiary/aromatic N) is 4. The summed E-state index contributed by atoms with van der Waals surface area (Å²) in [5, 5.41) is 17.0. The number of amides is 1. The van der Waals surface area contributed by atoms with Crippen LogP contribution in [0.5, 0.6) is 0 Å². The number of anilines is 1. The van der Waals surface area contributed by atoms with Crippen LogP contribution < -0.4 is 5.32 Å². The Kier molecular flexibility index (Phi) is 5.12. The lowest BCUT2D eigenvalue weighted by Gasteiger charge is -2.06. The second kappa shape index (κ2) is 8.37. The summed E-state index contributed by atoms with van der Waals surface area (Å²) in [6.07, 6.45) is 2.24. The first kappa shape index (κ1) is 19.0. The second-order valence-electron chi connectivity index (χ2n) is 6.76. The number of benzene rings is 2. The smallest absolute Gasteiger partial charge is 0.276 e. The summed E-state index contributed by atoms with van der Waals surface area (Å²) in [7, 11) is 0. The van der Waals surface area contributed by atoms with E-state index in [2.05, 4.69) is 20.6 Å². The Morgan fingerprint density at radius 1 is 0.968 bits per heavy atom. The minimum absolute atomic E-state index is 0.323. The van der Waals surface area contributed by atoms with E-state index in [-0.39, 0.29) is 5.91 Å². The van der Waals surface area contributed by atoms with Gasteiger partial charge in [0, 0.05) is 12.5 Å². The highest BCUT2D eigenvalue weighted by Crippen LogP contribution is 2.24. The molecular weight excluding hydrogens is 410 g/mol. The number of carbonyl (C=O) groups excluding carboxylic acids is 1. The SMILES string of the molecule is O=C(Nc1nnc(Cc2ccccc2)s1)c1cc(-c2ccco2)nn1-c1ccccc1.